The van der Waals surface area contributed by atoms with E-state index in [4.69, 9.17) is 5.41 Å². The summed E-state index contributed by atoms with van der Waals surface area (Å²) in [5.74, 6) is -4.65. The summed E-state index contributed by atoms with van der Waals surface area (Å²) in [6.45, 7) is 3.76. The van der Waals surface area contributed by atoms with Gasteiger partial charge in [-0.2, -0.15) is 13.2 Å². The summed E-state index contributed by atoms with van der Waals surface area (Å²) in [4.78, 5) is 22.2. The largest absolute Gasteiger partial charge is 0.417 e. The summed E-state index contributed by atoms with van der Waals surface area (Å²) < 4.78 is 68.6. The third-order valence-electron chi connectivity index (χ3n) is 5.94. The zero-order valence-corrected chi connectivity index (χ0v) is 21.7. The highest BCUT2D eigenvalue weighted by molar-refractivity contribution is 6.54. The van der Waals surface area contributed by atoms with Crippen LogP contribution in [0.25, 0.3) is 5.57 Å². The van der Waals surface area contributed by atoms with E-state index in [1.54, 1.807) is 40.0 Å². The van der Waals surface area contributed by atoms with Gasteiger partial charge in [0.2, 0.25) is 0 Å². The third kappa shape index (κ3) is 8.22. The lowest BCUT2D eigenvalue weighted by Crippen LogP contribution is -2.59. The summed E-state index contributed by atoms with van der Waals surface area (Å²) in [7, 11) is 1.58. The second-order valence-electron chi connectivity index (χ2n) is 8.88. The van der Waals surface area contributed by atoms with Crippen LogP contribution in [0.2, 0.25) is 0 Å². The minimum absolute atomic E-state index is 0.0515. The van der Waals surface area contributed by atoms with Crippen LogP contribution in [0, 0.1) is 11.3 Å². The molecule has 0 saturated carbocycles. The second-order valence-corrected chi connectivity index (χ2v) is 8.88. The molecule has 0 aliphatic carbocycles. The van der Waals surface area contributed by atoms with Crippen LogP contribution < -0.4 is 10.6 Å². The van der Waals surface area contributed by atoms with Crippen molar-refractivity contribution in [2.75, 3.05) is 20.1 Å². The molecule has 1 aromatic rings. The lowest BCUT2D eigenvalue weighted by atomic mass is 9.87. The smallest absolute Gasteiger partial charge is 0.393 e. The number of halogens is 5. The number of piperidine rings is 1. The van der Waals surface area contributed by atoms with Gasteiger partial charge in [0.05, 0.1) is 18.2 Å². The fourth-order valence-electron chi connectivity index (χ4n) is 4.14. The highest BCUT2D eigenvalue weighted by atomic mass is 19.4. The Morgan fingerprint density at radius 1 is 1.37 bits per heavy atom. The van der Waals surface area contributed by atoms with Crippen molar-refractivity contribution in [1.29, 1.82) is 5.41 Å². The second kappa shape index (κ2) is 13.3. The van der Waals surface area contributed by atoms with Crippen LogP contribution in [0.5, 0.6) is 0 Å². The normalized spacial score (nSPS) is 21.0. The van der Waals surface area contributed by atoms with Gasteiger partial charge < -0.3 is 15.5 Å². The summed E-state index contributed by atoms with van der Waals surface area (Å²) in [6.07, 6.45) is 2.67. The Bertz CT molecular complexity index is 1100. The number of hydrogen-bond donors (Lipinski definition) is 3. The van der Waals surface area contributed by atoms with Gasteiger partial charge in [-0.3, -0.25) is 15.2 Å². The maximum Gasteiger partial charge on any atom is 0.417 e. The molecule has 2 atom stereocenters. The molecular formula is C26H33F5N6O. The number of nitrogens with zero attached hydrogens (tertiary/aromatic N) is 3. The minimum Gasteiger partial charge on any atom is -0.393 e. The van der Waals surface area contributed by atoms with Crippen LogP contribution in [-0.4, -0.2) is 66.0 Å². The van der Waals surface area contributed by atoms with Crippen molar-refractivity contribution in [2.45, 2.75) is 51.8 Å². The molecule has 1 aromatic heterocycles. The number of rotatable bonds is 10. The topological polar surface area (TPSA) is 93.5 Å². The molecule has 2 rings (SSSR count). The van der Waals surface area contributed by atoms with E-state index in [0.717, 1.165) is 11.0 Å². The molecule has 1 saturated heterocycles. The van der Waals surface area contributed by atoms with Crippen LogP contribution in [-0.2, 0) is 4.79 Å². The molecule has 0 radical (unpaired) electrons. The molecular weight excluding hydrogens is 507 g/mol. The zero-order chi connectivity index (χ0) is 28.5. The number of alkyl halides is 5. The van der Waals surface area contributed by atoms with Crippen molar-refractivity contribution >= 4 is 23.4 Å². The first-order valence-electron chi connectivity index (χ1n) is 12.1. The first-order chi connectivity index (χ1) is 17.8. The van der Waals surface area contributed by atoms with E-state index in [0.29, 0.717) is 11.8 Å². The van der Waals surface area contributed by atoms with E-state index in [9.17, 15) is 26.7 Å². The molecule has 1 unspecified atom stereocenters. The molecule has 38 heavy (non-hydrogen) atoms. The van der Waals surface area contributed by atoms with E-state index in [2.05, 4.69) is 20.6 Å². The van der Waals surface area contributed by atoms with E-state index < -0.39 is 54.2 Å². The zero-order valence-electron chi connectivity index (χ0n) is 21.7. The summed E-state index contributed by atoms with van der Waals surface area (Å²) >= 11 is 0. The molecule has 1 aliphatic rings. The van der Waals surface area contributed by atoms with Crippen molar-refractivity contribution in [3.63, 3.8) is 0 Å². The van der Waals surface area contributed by atoms with Crippen molar-refractivity contribution in [1.82, 2.24) is 20.5 Å². The molecule has 208 valence electrons. The number of nitrogens with one attached hydrogen (secondary N) is 3. The molecule has 12 heteroatoms. The molecule has 0 spiro atoms. The molecule has 7 nitrogen and oxygen atoms in total. The lowest BCUT2D eigenvalue weighted by Gasteiger charge is -2.43. The van der Waals surface area contributed by atoms with Gasteiger partial charge in [-0.15, -0.1) is 0 Å². The average Bonchev–Trinajstić information content (AvgIpc) is 2.85. The number of carbonyl (C=O) groups is 1. The Balaban J connectivity index is 2.30. The predicted molar refractivity (Wildman–Crippen MR) is 138 cm³/mol. The van der Waals surface area contributed by atoms with Gasteiger partial charge >= 0.3 is 6.18 Å². The molecule has 1 amide bonds. The number of carbonyl (C=O) groups excluding carboxylic acids is 1. The summed E-state index contributed by atoms with van der Waals surface area (Å²) in [5.41, 5.74) is -0.764. The van der Waals surface area contributed by atoms with Gasteiger partial charge in [0.25, 0.3) is 11.8 Å². The van der Waals surface area contributed by atoms with Crippen molar-refractivity contribution in [3.8, 4) is 0 Å². The SMILES string of the molecule is C\C=C(/N=C\C(=C/CC)C(F)(F)F)NCC1[C@H](C)CC(F)(F)CN1C(=O)C(=N)/C(=C\NC)c1cccnc1. The average molecular weight is 541 g/mol. The van der Waals surface area contributed by atoms with Gasteiger partial charge in [0.15, 0.2) is 0 Å². The van der Waals surface area contributed by atoms with Crippen LogP contribution in [0.1, 0.15) is 39.2 Å². The molecule has 0 bridgehead atoms. The van der Waals surface area contributed by atoms with E-state index >= 15 is 0 Å². The Morgan fingerprint density at radius 3 is 2.63 bits per heavy atom. The Hall–Kier alpha value is -3.57. The van der Waals surface area contributed by atoms with Crippen molar-refractivity contribution in [3.05, 3.63) is 59.8 Å². The van der Waals surface area contributed by atoms with Crippen LogP contribution in [0.15, 0.2) is 59.3 Å². The molecule has 0 aromatic carbocycles. The molecule has 3 N–H and O–H groups in total. The number of pyridine rings is 1. The number of aromatic nitrogens is 1. The van der Waals surface area contributed by atoms with Gasteiger partial charge in [0, 0.05) is 56.0 Å². The van der Waals surface area contributed by atoms with E-state index in [1.807, 2.05) is 0 Å². The van der Waals surface area contributed by atoms with E-state index in [-0.39, 0.29) is 24.4 Å². The van der Waals surface area contributed by atoms with Crippen molar-refractivity contribution in [2.24, 2.45) is 10.9 Å². The van der Waals surface area contributed by atoms with Gasteiger partial charge in [-0.05, 0) is 31.4 Å². The van der Waals surface area contributed by atoms with Crippen LogP contribution >= 0.6 is 0 Å². The highest BCUT2D eigenvalue weighted by Crippen LogP contribution is 2.35. The van der Waals surface area contributed by atoms with Crippen LogP contribution in [0.4, 0.5) is 22.0 Å². The quantitative estimate of drug-likeness (QED) is 0.289. The molecule has 1 fully saturated rings. The first kappa shape index (κ1) is 30.7. The monoisotopic (exact) mass is 540 g/mol. The van der Waals surface area contributed by atoms with Gasteiger partial charge in [-0.1, -0.05) is 26.0 Å². The maximum absolute atomic E-state index is 14.6. The Labute approximate surface area is 219 Å². The number of allylic oxidation sites excluding steroid dienone is 3. The summed E-state index contributed by atoms with van der Waals surface area (Å²) in [5, 5.41) is 14.2. The molecule has 1 aliphatic heterocycles. The highest BCUT2D eigenvalue weighted by Gasteiger charge is 2.46. The Morgan fingerprint density at radius 2 is 2.08 bits per heavy atom. The predicted octanol–water partition coefficient (Wildman–Crippen LogP) is 4.95. The lowest BCUT2D eigenvalue weighted by molar-refractivity contribution is -0.145. The number of amides is 1. The maximum atomic E-state index is 14.6. The van der Waals surface area contributed by atoms with Crippen LogP contribution in [0.3, 0.4) is 0 Å². The van der Waals surface area contributed by atoms with Gasteiger partial charge in [-0.25, -0.2) is 13.8 Å². The summed E-state index contributed by atoms with van der Waals surface area (Å²) in [6, 6.07) is 2.49. The van der Waals surface area contributed by atoms with Gasteiger partial charge in [0.1, 0.15) is 11.5 Å². The Kier molecular flexibility index (Phi) is 10.7. The third-order valence-corrected chi connectivity index (χ3v) is 5.94. The van der Waals surface area contributed by atoms with E-state index in [1.165, 1.54) is 24.7 Å². The fourth-order valence-corrected chi connectivity index (χ4v) is 4.14. The minimum atomic E-state index is -4.57. The number of aliphatic imine (C=N–C) groups is 1. The number of hydrogen-bond acceptors (Lipinski definition) is 6. The fraction of sp³-hybridized carbons (Fsp3) is 0.462. The molecule has 2 heterocycles. The van der Waals surface area contributed by atoms with Crippen molar-refractivity contribution < 1.29 is 26.7 Å². The first-order valence-corrected chi connectivity index (χ1v) is 12.1. The number of likely N-dealkylation sites (tertiary alicyclic amines) is 1. The standard InChI is InChI=1S/C26H33F5N6O/c1-5-8-19(26(29,30)31)13-35-22(6-2)36-15-21-17(3)11-25(27,28)16-37(21)24(38)23(32)20(14-33-4)18-9-7-10-34-12-18/h6-10,12-14,17,21,32-33,36H,5,11,15-16H2,1-4H3/b19-8+,20-14-,22-6+,32-23?,35-13-/t17-,21?/m1/s1.